The Balaban J connectivity index is 1.98. The molecule has 0 bridgehead atoms. The van der Waals surface area contributed by atoms with Crippen molar-refractivity contribution in [3.05, 3.63) is 57.9 Å². The van der Waals surface area contributed by atoms with E-state index in [0.717, 1.165) is 0 Å². The van der Waals surface area contributed by atoms with Crippen molar-refractivity contribution in [3.63, 3.8) is 0 Å². The van der Waals surface area contributed by atoms with Gasteiger partial charge in [-0.1, -0.05) is 6.08 Å². The first-order valence-electron chi connectivity index (χ1n) is 9.30. The fraction of sp³-hybridized carbons (Fsp3) is 0.300. The lowest BCUT2D eigenvalue weighted by atomic mass is 10.1. The number of halogens is 4. The summed E-state index contributed by atoms with van der Waals surface area (Å²) in [6, 6.07) is 4.80. The Labute approximate surface area is 192 Å². The van der Waals surface area contributed by atoms with Crippen LogP contribution in [0.1, 0.15) is 25.7 Å². The van der Waals surface area contributed by atoms with Crippen LogP contribution in [0.25, 0.3) is 0 Å². The van der Waals surface area contributed by atoms with E-state index in [4.69, 9.17) is 4.74 Å². The van der Waals surface area contributed by atoms with E-state index < -0.39 is 38.9 Å². The minimum Gasteiger partial charge on any atom is -0.494 e. The molecule has 6 nitrogen and oxygen atoms in total. The summed E-state index contributed by atoms with van der Waals surface area (Å²) >= 11 is 1.90. The van der Waals surface area contributed by atoms with Crippen LogP contribution >= 0.6 is 22.6 Å². The van der Waals surface area contributed by atoms with Gasteiger partial charge in [0, 0.05) is 15.2 Å². The second-order valence-corrected chi connectivity index (χ2v) is 9.85. The van der Waals surface area contributed by atoms with Gasteiger partial charge in [0.05, 0.1) is 12.8 Å². The number of allylic oxidation sites excluding steroid dienone is 1. The van der Waals surface area contributed by atoms with Crippen molar-refractivity contribution in [2.45, 2.75) is 31.2 Å². The van der Waals surface area contributed by atoms with E-state index in [-0.39, 0.29) is 17.1 Å². The summed E-state index contributed by atoms with van der Waals surface area (Å²) in [5, 5.41) is 2.45. The summed E-state index contributed by atoms with van der Waals surface area (Å²) in [6.07, 6.45) is 4.17. The fourth-order valence-electron chi connectivity index (χ4n) is 3.09. The molecule has 0 aliphatic heterocycles. The fourth-order valence-corrected chi connectivity index (χ4v) is 4.94. The third kappa shape index (κ3) is 5.63. The number of rotatable bonds is 10. The maximum Gasteiger partial charge on any atom is 0.299 e. The van der Waals surface area contributed by atoms with Gasteiger partial charge in [0.15, 0.2) is 11.6 Å². The zero-order valence-corrected chi connectivity index (χ0v) is 19.5. The lowest BCUT2D eigenvalue weighted by Gasteiger charge is -2.21. The Morgan fingerprint density at radius 2 is 1.90 bits per heavy atom. The Morgan fingerprint density at radius 3 is 2.48 bits per heavy atom. The number of nitrogens with one attached hydrogen (secondary N) is 3. The standard InChI is InChI=1S/C20H21F3IN3O3S/c1-3-4-7-20(8-9-20)27-31(28,29)26-18-16(30-2)11-14(22)17(23)19(18)25-15-6-5-12(24)10-13(15)21/h3,5-6,10-11,25-27H,1,4,7-9H2,2H3. The van der Waals surface area contributed by atoms with E-state index in [1.807, 2.05) is 22.6 Å². The molecule has 2 aromatic carbocycles. The highest BCUT2D eigenvalue weighted by Crippen LogP contribution is 2.42. The van der Waals surface area contributed by atoms with Crippen molar-refractivity contribution in [3.8, 4) is 5.75 Å². The average molecular weight is 567 g/mol. The third-order valence-electron chi connectivity index (χ3n) is 4.86. The summed E-state index contributed by atoms with van der Waals surface area (Å²) in [5.41, 5.74) is -1.75. The highest BCUT2D eigenvalue weighted by atomic mass is 127. The lowest BCUT2D eigenvalue weighted by Crippen LogP contribution is -2.40. The zero-order chi connectivity index (χ0) is 22.8. The monoisotopic (exact) mass is 567 g/mol. The molecule has 1 saturated carbocycles. The Kier molecular flexibility index (Phi) is 7.06. The van der Waals surface area contributed by atoms with Gasteiger partial charge in [-0.25, -0.2) is 13.2 Å². The van der Waals surface area contributed by atoms with Crippen LogP contribution in [-0.2, 0) is 10.2 Å². The molecule has 0 atom stereocenters. The second kappa shape index (κ2) is 9.25. The van der Waals surface area contributed by atoms with Gasteiger partial charge >= 0.3 is 0 Å². The number of ether oxygens (including phenoxy) is 1. The summed E-state index contributed by atoms with van der Waals surface area (Å²) in [5.74, 6) is -3.66. The van der Waals surface area contributed by atoms with E-state index in [1.165, 1.54) is 19.2 Å². The van der Waals surface area contributed by atoms with Gasteiger partial charge in [0.2, 0.25) is 0 Å². The van der Waals surface area contributed by atoms with Crippen LogP contribution in [0, 0.1) is 21.0 Å². The first kappa shape index (κ1) is 23.7. The lowest BCUT2D eigenvalue weighted by molar-refractivity contribution is 0.409. The van der Waals surface area contributed by atoms with Crippen LogP contribution < -0.4 is 19.5 Å². The number of hydrogen-bond acceptors (Lipinski definition) is 4. The summed E-state index contributed by atoms with van der Waals surface area (Å²) in [6.45, 7) is 3.63. The van der Waals surface area contributed by atoms with Crippen LogP contribution in [0.2, 0.25) is 0 Å². The molecule has 0 spiro atoms. The molecular weight excluding hydrogens is 546 g/mol. The average Bonchev–Trinajstić information content (AvgIpc) is 3.45. The molecule has 1 aliphatic rings. The zero-order valence-electron chi connectivity index (χ0n) is 16.6. The number of methoxy groups -OCH3 is 1. The van der Waals surface area contributed by atoms with Crippen molar-refractivity contribution >= 4 is 49.9 Å². The molecule has 3 rings (SSSR count). The first-order valence-corrected chi connectivity index (χ1v) is 11.9. The summed E-state index contributed by atoms with van der Waals surface area (Å²) < 4.78 is 79.1. The molecule has 1 fully saturated rings. The molecule has 0 heterocycles. The molecule has 0 radical (unpaired) electrons. The molecule has 1 aliphatic carbocycles. The largest absolute Gasteiger partial charge is 0.494 e. The van der Waals surface area contributed by atoms with E-state index in [0.29, 0.717) is 35.3 Å². The van der Waals surface area contributed by atoms with Crippen LogP contribution in [-0.4, -0.2) is 21.1 Å². The Morgan fingerprint density at radius 1 is 1.19 bits per heavy atom. The SMILES string of the molecule is C=CCCC1(NS(=O)(=O)Nc2c(OC)cc(F)c(F)c2Nc2ccc(I)cc2F)CC1. The summed E-state index contributed by atoms with van der Waals surface area (Å²) in [4.78, 5) is 0. The van der Waals surface area contributed by atoms with Gasteiger partial charge in [0.1, 0.15) is 22.9 Å². The molecule has 0 unspecified atom stereocenters. The Hall–Kier alpha value is -1.99. The molecular formula is C20H21F3IN3O3S. The van der Waals surface area contributed by atoms with E-state index in [2.05, 4.69) is 21.3 Å². The topological polar surface area (TPSA) is 79.5 Å². The molecule has 11 heteroatoms. The molecule has 3 N–H and O–H groups in total. The van der Waals surface area contributed by atoms with Gasteiger partial charge < -0.3 is 10.1 Å². The van der Waals surface area contributed by atoms with Crippen LogP contribution in [0.4, 0.5) is 30.2 Å². The minimum absolute atomic E-state index is 0.162. The van der Waals surface area contributed by atoms with Gasteiger partial charge in [-0.15, -0.1) is 6.58 Å². The predicted octanol–water partition coefficient (Wildman–Crippen LogP) is 5.21. The van der Waals surface area contributed by atoms with E-state index in [1.54, 1.807) is 12.1 Å². The Bertz CT molecular complexity index is 1110. The molecule has 2 aromatic rings. The van der Waals surface area contributed by atoms with Crippen LogP contribution in [0.3, 0.4) is 0 Å². The molecule has 0 amide bonds. The predicted molar refractivity (Wildman–Crippen MR) is 122 cm³/mol. The van der Waals surface area contributed by atoms with E-state index >= 15 is 0 Å². The minimum atomic E-state index is -4.19. The van der Waals surface area contributed by atoms with Gasteiger partial charge in [0.25, 0.3) is 10.2 Å². The molecule has 0 saturated heterocycles. The second-order valence-electron chi connectivity index (χ2n) is 7.19. The molecule has 31 heavy (non-hydrogen) atoms. The van der Waals surface area contributed by atoms with Gasteiger partial charge in [-0.3, -0.25) is 4.72 Å². The van der Waals surface area contributed by atoms with Crippen molar-refractivity contribution < 1.29 is 26.3 Å². The third-order valence-corrected chi connectivity index (χ3v) is 6.71. The van der Waals surface area contributed by atoms with Gasteiger partial charge in [-0.05, 0) is 66.5 Å². The van der Waals surface area contributed by atoms with Crippen LogP contribution in [0.5, 0.6) is 5.75 Å². The number of benzene rings is 2. The van der Waals surface area contributed by atoms with Crippen molar-refractivity contribution in [1.29, 1.82) is 0 Å². The van der Waals surface area contributed by atoms with Crippen molar-refractivity contribution in [2.24, 2.45) is 0 Å². The molecule has 168 valence electrons. The van der Waals surface area contributed by atoms with Crippen LogP contribution in [0.15, 0.2) is 36.9 Å². The highest BCUT2D eigenvalue weighted by molar-refractivity contribution is 14.1. The van der Waals surface area contributed by atoms with Crippen molar-refractivity contribution in [1.82, 2.24) is 4.72 Å². The first-order chi connectivity index (χ1) is 14.6. The highest BCUT2D eigenvalue weighted by Gasteiger charge is 2.45. The quantitative estimate of drug-likeness (QED) is 0.272. The number of hydrogen-bond donors (Lipinski definition) is 3. The maximum absolute atomic E-state index is 14.7. The number of anilines is 3. The van der Waals surface area contributed by atoms with Gasteiger partial charge in [-0.2, -0.15) is 13.1 Å². The molecule has 0 aromatic heterocycles. The van der Waals surface area contributed by atoms with E-state index in [9.17, 15) is 21.6 Å². The maximum atomic E-state index is 14.7. The normalized spacial score (nSPS) is 14.7. The summed E-state index contributed by atoms with van der Waals surface area (Å²) in [7, 11) is -3.01. The smallest absolute Gasteiger partial charge is 0.299 e. The van der Waals surface area contributed by atoms with Crippen molar-refractivity contribution in [2.75, 3.05) is 17.1 Å².